The second-order valence-corrected chi connectivity index (χ2v) is 3.63. The fourth-order valence-electron chi connectivity index (χ4n) is 1.43. The molecule has 0 N–H and O–H groups in total. The Bertz CT molecular complexity index is 395. The molecule has 1 aromatic carbocycles. The minimum atomic E-state index is -0.704. The van der Waals surface area contributed by atoms with Crippen molar-refractivity contribution in [2.24, 2.45) is 0 Å². The molecule has 1 aromatic rings. The highest BCUT2D eigenvalue weighted by Crippen LogP contribution is 2.29. The molecule has 0 atom stereocenters. The number of hydrogen-bond donors (Lipinski definition) is 0. The summed E-state index contributed by atoms with van der Waals surface area (Å²) >= 11 is 0. The van der Waals surface area contributed by atoms with Gasteiger partial charge in [-0.15, -0.1) is 0 Å². The summed E-state index contributed by atoms with van der Waals surface area (Å²) in [6.07, 6.45) is 0.421. The first-order chi connectivity index (χ1) is 9.13. The van der Waals surface area contributed by atoms with Crippen LogP contribution in [0.3, 0.4) is 0 Å². The molecule has 0 bridgehead atoms. The van der Waals surface area contributed by atoms with Gasteiger partial charge in [0.05, 0.1) is 20.8 Å². The summed E-state index contributed by atoms with van der Waals surface area (Å²) in [5, 5.41) is 0. The summed E-state index contributed by atoms with van der Waals surface area (Å²) < 4.78 is 15.0. The Kier molecular flexibility index (Phi) is 6.11. The van der Waals surface area contributed by atoms with Crippen LogP contribution in [0, 0.1) is 6.10 Å². The molecule has 0 aliphatic carbocycles. The van der Waals surface area contributed by atoms with Crippen LogP contribution in [0.5, 0.6) is 11.5 Å². The van der Waals surface area contributed by atoms with Crippen LogP contribution in [0.15, 0.2) is 18.2 Å². The predicted molar refractivity (Wildman–Crippen MR) is 66.8 cm³/mol. The average molecular weight is 269 g/mol. The van der Waals surface area contributed by atoms with Crippen LogP contribution >= 0.6 is 0 Å². The fourth-order valence-corrected chi connectivity index (χ4v) is 1.43. The minimum absolute atomic E-state index is 0.165. The molecule has 0 saturated heterocycles. The van der Waals surface area contributed by atoms with Crippen LogP contribution in [-0.2, 0) is 14.5 Å². The van der Waals surface area contributed by atoms with Crippen molar-refractivity contribution in [2.45, 2.75) is 6.92 Å². The molecule has 0 aliphatic rings. The third-order valence-corrected chi connectivity index (χ3v) is 2.24. The molecule has 1 rings (SSSR count). The second kappa shape index (κ2) is 7.60. The highest BCUT2D eigenvalue weighted by atomic mass is 17.2. The fraction of sp³-hybridized carbons (Fsp3) is 0.385. The number of ether oxygens (including phenoxy) is 3. The van der Waals surface area contributed by atoms with Crippen LogP contribution in [0.25, 0.3) is 0 Å². The highest BCUT2D eigenvalue weighted by Gasteiger charge is 2.21. The Morgan fingerprint density at radius 2 is 1.63 bits per heavy atom. The lowest BCUT2D eigenvalue weighted by Gasteiger charge is -2.13. The zero-order chi connectivity index (χ0) is 14.3. The van der Waals surface area contributed by atoms with Crippen LogP contribution in [0.2, 0.25) is 0 Å². The Morgan fingerprint density at radius 1 is 1.05 bits per heavy atom. The van der Waals surface area contributed by atoms with E-state index in [4.69, 9.17) is 24.0 Å². The van der Waals surface area contributed by atoms with Gasteiger partial charge in [-0.05, 0) is 19.1 Å². The van der Waals surface area contributed by atoms with Crippen molar-refractivity contribution in [1.29, 1.82) is 0 Å². The van der Waals surface area contributed by atoms with Crippen LogP contribution in [0.1, 0.15) is 17.3 Å². The number of carbonyl (C=O) groups is 1. The van der Waals surface area contributed by atoms with E-state index >= 15 is 0 Å². The summed E-state index contributed by atoms with van der Waals surface area (Å²) in [6, 6.07) is 4.97. The molecular weight excluding hydrogens is 252 g/mol. The molecule has 19 heavy (non-hydrogen) atoms. The van der Waals surface area contributed by atoms with E-state index in [0.717, 1.165) is 0 Å². The summed E-state index contributed by atoms with van der Waals surface area (Å²) in [4.78, 5) is 21.5. The Balaban J connectivity index is 2.81. The number of rotatable bonds is 7. The van der Waals surface area contributed by atoms with Crippen molar-refractivity contribution < 1.29 is 28.8 Å². The van der Waals surface area contributed by atoms with E-state index < -0.39 is 5.97 Å². The van der Waals surface area contributed by atoms with Gasteiger partial charge in [0, 0.05) is 7.11 Å². The van der Waals surface area contributed by atoms with E-state index in [1.54, 1.807) is 25.1 Å². The zero-order valence-electron chi connectivity index (χ0n) is 11.4. The minimum Gasteiger partial charge on any atom is -0.496 e. The average Bonchev–Trinajstić information content (AvgIpc) is 2.44. The zero-order valence-corrected chi connectivity index (χ0v) is 11.4. The van der Waals surface area contributed by atoms with Gasteiger partial charge in [-0.1, -0.05) is 6.07 Å². The topological polar surface area (TPSA) is 63.2 Å². The van der Waals surface area contributed by atoms with Gasteiger partial charge in [0.25, 0.3) is 0 Å². The maximum absolute atomic E-state index is 12.0. The first-order valence-electron chi connectivity index (χ1n) is 5.55. The predicted octanol–water partition coefficient (Wildman–Crippen LogP) is 1.99. The smallest absolute Gasteiger partial charge is 0.380 e. The Hall–Kier alpha value is -1.79. The summed E-state index contributed by atoms with van der Waals surface area (Å²) in [5.74, 6) is -0.0144. The molecule has 105 valence electrons. The van der Waals surface area contributed by atoms with Gasteiger partial charge in [0.1, 0.15) is 17.1 Å². The molecule has 0 heterocycles. The number of hydrogen-bond acceptors (Lipinski definition) is 6. The van der Waals surface area contributed by atoms with E-state index in [-0.39, 0.29) is 12.2 Å². The first kappa shape index (κ1) is 15.3. The van der Waals surface area contributed by atoms with Gasteiger partial charge < -0.3 is 14.2 Å². The Morgan fingerprint density at radius 3 is 2.11 bits per heavy atom. The highest BCUT2D eigenvalue weighted by molar-refractivity contribution is 5.95. The molecular formula is C13H17O6. The standard InChI is InChI=1S/C13H17O6/c1-9(8-15-2)18-19-13(14)12-10(16-3)6-5-7-11(12)17-4/h5-7H,8H2,1-4H3. The third-order valence-electron chi connectivity index (χ3n) is 2.24. The van der Waals surface area contributed by atoms with Gasteiger partial charge >= 0.3 is 5.97 Å². The van der Waals surface area contributed by atoms with Crippen molar-refractivity contribution in [1.82, 2.24) is 0 Å². The van der Waals surface area contributed by atoms with Crippen molar-refractivity contribution >= 4 is 5.97 Å². The first-order valence-corrected chi connectivity index (χ1v) is 5.55. The summed E-state index contributed by atoms with van der Waals surface area (Å²) in [5.41, 5.74) is 0.165. The van der Waals surface area contributed by atoms with E-state index in [1.807, 2.05) is 0 Å². The molecule has 0 amide bonds. The van der Waals surface area contributed by atoms with Crippen LogP contribution in [-0.4, -0.2) is 33.9 Å². The van der Waals surface area contributed by atoms with E-state index in [9.17, 15) is 4.79 Å². The second-order valence-electron chi connectivity index (χ2n) is 3.63. The quantitative estimate of drug-likeness (QED) is 0.557. The summed E-state index contributed by atoms with van der Waals surface area (Å²) in [7, 11) is 4.42. The number of methoxy groups -OCH3 is 3. The van der Waals surface area contributed by atoms with Crippen molar-refractivity contribution in [3.05, 3.63) is 29.9 Å². The third kappa shape index (κ3) is 4.11. The maximum atomic E-state index is 12.0. The Labute approximate surface area is 112 Å². The molecule has 0 unspecified atom stereocenters. The lowest BCUT2D eigenvalue weighted by Crippen LogP contribution is -2.13. The van der Waals surface area contributed by atoms with Gasteiger partial charge in [-0.2, -0.15) is 4.89 Å². The normalized spacial score (nSPS) is 10.4. The molecule has 0 aliphatic heterocycles. The lowest BCUT2D eigenvalue weighted by molar-refractivity contribution is -0.238. The molecule has 6 heteroatoms. The maximum Gasteiger partial charge on any atom is 0.380 e. The van der Waals surface area contributed by atoms with Gasteiger partial charge in [-0.3, -0.25) is 4.89 Å². The molecule has 1 radical (unpaired) electrons. The van der Waals surface area contributed by atoms with Crippen molar-refractivity contribution in [2.75, 3.05) is 27.9 Å². The molecule has 6 nitrogen and oxygen atoms in total. The van der Waals surface area contributed by atoms with Crippen molar-refractivity contribution in [3.8, 4) is 11.5 Å². The molecule has 0 saturated carbocycles. The van der Waals surface area contributed by atoms with Gasteiger partial charge in [-0.25, -0.2) is 4.79 Å². The van der Waals surface area contributed by atoms with Crippen molar-refractivity contribution in [3.63, 3.8) is 0 Å². The van der Waals surface area contributed by atoms with E-state index in [2.05, 4.69) is 0 Å². The van der Waals surface area contributed by atoms with Crippen LogP contribution < -0.4 is 9.47 Å². The number of benzene rings is 1. The van der Waals surface area contributed by atoms with E-state index in [0.29, 0.717) is 17.6 Å². The molecule has 0 fully saturated rings. The monoisotopic (exact) mass is 269 g/mol. The molecule has 0 spiro atoms. The van der Waals surface area contributed by atoms with Gasteiger partial charge in [0.15, 0.2) is 6.10 Å². The largest absolute Gasteiger partial charge is 0.496 e. The SMILES string of the molecule is COC[C](C)OOC(=O)c1c(OC)cccc1OC. The lowest BCUT2D eigenvalue weighted by atomic mass is 10.2. The summed E-state index contributed by atoms with van der Waals surface area (Å²) in [6.45, 7) is 1.87. The van der Waals surface area contributed by atoms with Gasteiger partial charge in [0.2, 0.25) is 0 Å². The number of carbonyl (C=O) groups excluding carboxylic acids is 1. The molecule has 0 aromatic heterocycles. The van der Waals surface area contributed by atoms with Crippen LogP contribution in [0.4, 0.5) is 0 Å². The van der Waals surface area contributed by atoms with E-state index in [1.165, 1.54) is 21.3 Å².